The van der Waals surface area contributed by atoms with Gasteiger partial charge in [-0.25, -0.2) is 0 Å². The van der Waals surface area contributed by atoms with E-state index < -0.39 is 0 Å². The molecule has 1 aliphatic carbocycles. The van der Waals surface area contributed by atoms with E-state index in [1.54, 1.807) is 7.11 Å². The van der Waals surface area contributed by atoms with Crippen molar-refractivity contribution >= 4 is 0 Å². The first-order chi connectivity index (χ1) is 5.85. The standard InChI is InChI=1S/C5H10O.C3H9N.C2H6/c1-6-5-3-2-4-5;1-3-4-2;1-2/h5H,2-4H2,1H3;4H,3H2,1-2H3;1-2H3. The molecule has 0 spiro atoms. The molecule has 1 fully saturated rings. The van der Waals surface area contributed by atoms with Crippen LogP contribution in [0.1, 0.15) is 40.0 Å². The number of nitrogens with one attached hydrogen (secondary N) is 1. The Morgan fingerprint density at radius 1 is 1.33 bits per heavy atom. The molecule has 0 bridgehead atoms. The monoisotopic (exact) mass is 175 g/mol. The van der Waals surface area contributed by atoms with Crippen LogP contribution >= 0.6 is 0 Å². The van der Waals surface area contributed by atoms with Gasteiger partial charge >= 0.3 is 0 Å². The Kier molecular flexibility index (Phi) is 16.3. The van der Waals surface area contributed by atoms with Crippen molar-refractivity contribution < 1.29 is 4.74 Å². The van der Waals surface area contributed by atoms with E-state index in [1.165, 1.54) is 19.3 Å². The average Bonchev–Trinajstić information content (AvgIpc) is 2.07. The van der Waals surface area contributed by atoms with Crippen LogP contribution in [0, 0.1) is 0 Å². The lowest BCUT2D eigenvalue weighted by atomic mass is 9.96. The summed E-state index contributed by atoms with van der Waals surface area (Å²) >= 11 is 0. The fourth-order valence-corrected chi connectivity index (χ4v) is 0.606. The lowest BCUT2D eigenvalue weighted by Crippen LogP contribution is -2.18. The van der Waals surface area contributed by atoms with E-state index in [4.69, 9.17) is 4.74 Å². The molecule has 0 heterocycles. The average molecular weight is 175 g/mol. The number of rotatable bonds is 2. The first kappa shape index (κ1) is 14.4. The van der Waals surface area contributed by atoms with Gasteiger partial charge in [0.15, 0.2) is 0 Å². The van der Waals surface area contributed by atoms with E-state index in [0.29, 0.717) is 6.10 Å². The summed E-state index contributed by atoms with van der Waals surface area (Å²) in [7, 11) is 3.71. The summed E-state index contributed by atoms with van der Waals surface area (Å²) in [6.45, 7) is 7.14. The minimum Gasteiger partial charge on any atom is -0.381 e. The second kappa shape index (κ2) is 13.5. The summed E-state index contributed by atoms with van der Waals surface area (Å²) in [6.07, 6.45) is 4.57. The Morgan fingerprint density at radius 3 is 1.75 bits per heavy atom. The molecular weight excluding hydrogens is 150 g/mol. The number of methoxy groups -OCH3 is 1. The summed E-state index contributed by atoms with van der Waals surface area (Å²) < 4.78 is 4.99. The van der Waals surface area contributed by atoms with Crippen LogP contribution < -0.4 is 5.32 Å². The minimum atomic E-state index is 0.616. The van der Waals surface area contributed by atoms with Gasteiger partial charge in [-0.15, -0.1) is 0 Å². The van der Waals surface area contributed by atoms with Crippen LogP contribution in [-0.2, 0) is 4.74 Å². The summed E-state index contributed by atoms with van der Waals surface area (Å²) in [6, 6.07) is 0. The third-order valence-electron chi connectivity index (χ3n) is 1.74. The minimum absolute atomic E-state index is 0.616. The summed E-state index contributed by atoms with van der Waals surface area (Å²) in [5.74, 6) is 0. The molecule has 1 saturated carbocycles. The van der Waals surface area contributed by atoms with Crippen LogP contribution in [0.2, 0.25) is 0 Å². The van der Waals surface area contributed by atoms with E-state index in [9.17, 15) is 0 Å². The molecule has 0 amide bonds. The Labute approximate surface area is 77.7 Å². The topological polar surface area (TPSA) is 21.3 Å². The van der Waals surface area contributed by atoms with Gasteiger partial charge in [-0.2, -0.15) is 0 Å². The highest BCUT2D eigenvalue weighted by Crippen LogP contribution is 2.20. The van der Waals surface area contributed by atoms with Crippen molar-refractivity contribution in [1.29, 1.82) is 0 Å². The van der Waals surface area contributed by atoms with Gasteiger partial charge in [-0.05, 0) is 32.9 Å². The molecule has 0 aromatic rings. The molecule has 1 rings (SSSR count). The van der Waals surface area contributed by atoms with E-state index >= 15 is 0 Å². The van der Waals surface area contributed by atoms with Crippen molar-refractivity contribution in [2.75, 3.05) is 20.7 Å². The van der Waals surface area contributed by atoms with Crippen LogP contribution in [0.25, 0.3) is 0 Å². The maximum atomic E-state index is 4.99. The number of hydrogen-bond acceptors (Lipinski definition) is 2. The van der Waals surface area contributed by atoms with Gasteiger partial charge in [0.05, 0.1) is 6.10 Å². The van der Waals surface area contributed by atoms with Gasteiger partial charge in [-0.3, -0.25) is 0 Å². The molecule has 0 radical (unpaired) electrons. The molecule has 0 aliphatic heterocycles. The van der Waals surface area contributed by atoms with Gasteiger partial charge in [0.1, 0.15) is 0 Å². The molecular formula is C10H25NO. The van der Waals surface area contributed by atoms with Crippen LogP contribution in [0.3, 0.4) is 0 Å². The quantitative estimate of drug-likeness (QED) is 0.696. The van der Waals surface area contributed by atoms with Crippen LogP contribution in [-0.4, -0.2) is 26.8 Å². The predicted molar refractivity (Wildman–Crippen MR) is 55.6 cm³/mol. The highest BCUT2D eigenvalue weighted by Gasteiger charge is 2.14. The molecule has 12 heavy (non-hydrogen) atoms. The molecule has 1 N–H and O–H groups in total. The van der Waals surface area contributed by atoms with Gasteiger partial charge < -0.3 is 10.1 Å². The lowest BCUT2D eigenvalue weighted by Gasteiger charge is -2.22. The first-order valence-corrected chi connectivity index (χ1v) is 5.02. The molecule has 1 aliphatic rings. The molecule has 0 saturated heterocycles. The molecule has 0 unspecified atom stereocenters. The van der Waals surface area contributed by atoms with Crippen molar-refractivity contribution in [2.24, 2.45) is 0 Å². The fraction of sp³-hybridized carbons (Fsp3) is 1.00. The maximum absolute atomic E-state index is 4.99. The van der Waals surface area contributed by atoms with Gasteiger partial charge in [-0.1, -0.05) is 20.8 Å². The normalized spacial score (nSPS) is 14.8. The van der Waals surface area contributed by atoms with E-state index in [2.05, 4.69) is 12.2 Å². The molecule has 0 atom stereocenters. The second-order valence-corrected chi connectivity index (χ2v) is 2.50. The lowest BCUT2D eigenvalue weighted by molar-refractivity contribution is 0.0412. The summed E-state index contributed by atoms with van der Waals surface area (Å²) in [4.78, 5) is 0. The first-order valence-electron chi connectivity index (χ1n) is 5.02. The van der Waals surface area contributed by atoms with E-state index in [1.807, 2.05) is 20.9 Å². The summed E-state index contributed by atoms with van der Waals surface area (Å²) in [5, 5.41) is 2.93. The number of hydrogen-bond donors (Lipinski definition) is 1. The predicted octanol–water partition coefficient (Wildman–Crippen LogP) is 2.44. The van der Waals surface area contributed by atoms with E-state index in [-0.39, 0.29) is 0 Å². The molecule has 0 aromatic heterocycles. The van der Waals surface area contributed by atoms with Crippen molar-refractivity contribution in [3.63, 3.8) is 0 Å². The zero-order chi connectivity index (χ0) is 9.82. The Morgan fingerprint density at radius 2 is 1.75 bits per heavy atom. The highest BCUT2D eigenvalue weighted by atomic mass is 16.5. The van der Waals surface area contributed by atoms with Crippen molar-refractivity contribution in [1.82, 2.24) is 5.32 Å². The zero-order valence-electron chi connectivity index (χ0n) is 9.31. The van der Waals surface area contributed by atoms with Crippen LogP contribution in [0.15, 0.2) is 0 Å². The third-order valence-corrected chi connectivity index (χ3v) is 1.74. The van der Waals surface area contributed by atoms with Gasteiger partial charge in [0.2, 0.25) is 0 Å². The Bertz CT molecular complexity index is 58.1. The van der Waals surface area contributed by atoms with Crippen LogP contribution in [0.4, 0.5) is 0 Å². The Hall–Kier alpha value is -0.0800. The molecule has 2 nitrogen and oxygen atoms in total. The SMILES string of the molecule is CC.CCNC.COC1CCC1. The molecule has 76 valence electrons. The van der Waals surface area contributed by atoms with Crippen molar-refractivity contribution in [3.8, 4) is 0 Å². The van der Waals surface area contributed by atoms with Gasteiger partial charge in [0, 0.05) is 7.11 Å². The third kappa shape index (κ3) is 9.92. The van der Waals surface area contributed by atoms with Gasteiger partial charge in [0.25, 0.3) is 0 Å². The summed E-state index contributed by atoms with van der Waals surface area (Å²) in [5.41, 5.74) is 0. The Balaban J connectivity index is 0. The fourth-order valence-electron chi connectivity index (χ4n) is 0.606. The largest absolute Gasteiger partial charge is 0.381 e. The smallest absolute Gasteiger partial charge is 0.0571 e. The zero-order valence-corrected chi connectivity index (χ0v) is 9.31. The molecule has 0 aromatic carbocycles. The second-order valence-electron chi connectivity index (χ2n) is 2.50. The van der Waals surface area contributed by atoms with Crippen molar-refractivity contribution in [3.05, 3.63) is 0 Å². The maximum Gasteiger partial charge on any atom is 0.0571 e. The van der Waals surface area contributed by atoms with Crippen LogP contribution in [0.5, 0.6) is 0 Å². The highest BCUT2D eigenvalue weighted by molar-refractivity contribution is 4.67. The number of ether oxygens (including phenoxy) is 1. The van der Waals surface area contributed by atoms with E-state index in [0.717, 1.165) is 6.54 Å². The van der Waals surface area contributed by atoms with Crippen molar-refractivity contribution in [2.45, 2.75) is 46.1 Å². The molecule has 2 heteroatoms.